The molecule has 88 valence electrons. The van der Waals surface area contributed by atoms with Gasteiger partial charge in [-0.2, -0.15) is 0 Å². The third-order valence-corrected chi connectivity index (χ3v) is 2.45. The molecule has 0 fully saturated rings. The topological polar surface area (TPSA) is 55.1 Å². The van der Waals surface area contributed by atoms with Crippen molar-refractivity contribution in [2.75, 3.05) is 12.3 Å². The molecule has 0 bridgehead atoms. The number of alkyl halides is 3. The molecule has 3 nitrogen and oxygen atoms in total. The molecule has 0 spiro atoms. The summed E-state index contributed by atoms with van der Waals surface area (Å²) in [5, 5.41) is 2.52. The van der Waals surface area contributed by atoms with Crippen LogP contribution in [0.1, 0.15) is 5.56 Å². The summed E-state index contributed by atoms with van der Waals surface area (Å²) < 4.78 is -1.90. The molecule has 16 heavy (non-hydrogen) atoms. The Bertz CT molecular complexity index is 359. The summed E-state index contributed by atoms with van der Waals surface area (Å²) in [6.07, 6.45) is 0.659. The number of benzene rings is 1. The van der Waals surface area contributed by atoms with Gasteiger partial charge in [-0.15, -0.1) is 0 Å². The molecular formula is C10H11Cl3N2O. The highest BCUT2D eigenvalue weighted by Gasteiger charge is 2.29. The number of nitrogens with one attached hydrogen (secondary N) is 1. The largest absolute Gasteiger partial charge is 0.399 e. The van der Waals surface area contributed by atoms with Gasteiger partial charge >= 0.3 is 0 Å². The van der Waals surface area contributed by atoms with Crippen molar-refractivity contribution in [2.24, 2.45) is 0 Å². The van der Waals surface area contributed by atoms with Crippen molar-refractivity contribution in [1.82, 2.24) is 5.32 Å². The Morgan fingerprint density at radius 1 is 1.25 bits per heavy atom. The van der Waals surface area contributed by atoms with Gasteiger partial charge in [-0.3, -0.25) is 4.79 Å². The number of carbonyl (C=O) groups is 1. The minimum atomic E-state index is -1.90. The van der Waals surface area contributed by atoms with E-state index < -0.39 is 9.70 Å². The van der Waals surface area contributed by atoms with Crippen molar-refractivity contribution >= 4 is 46.4 Å². The summed E-state index contributed by atoms with van der Waals surface area (Å²) in [5.74, 6) is -0.618. The number of halogens is 3. The average Bonchev–Trinajstić information content (AvgIpc) is 2.19. The molecule has 1 amide bonds. The number of hydrogen-bond acceptors (Lipinski definition) is 2. The lowest BCUT2D eigenvalue weighted by Gasteiger charge is -2.11. The molecule has 1 rings (SSSR count). The van der Waals surface area contributed by atoms with Gasteiger partial charge in [-0.05, 0) is 24.1 Å². The first-order valence-electron chi connectivity index (χ1n) is 4.59. The standard InChI is InChI=1S/C10H11Cl3N2O/c11-10(12,13)9(16)15-6-5-7-1-3-8(14)4-2-7/h1-4H,5-6,14H2,(H,15,16). The van der Waals surface area contributed by atoms with Crippen molar-refractivity contribution in [3.05, 3.63) is 29.8 Å². The van der Waals surface area contributed by atoms with Crippen LogP contribution in [0.3, 0.4) is 0 Å². The van der Waals surface area contributed by atoms with Crippen LogP contribution in [0.5, 0.6) is 0 Å². The van der Waals surface area contributed by atoms with Crippen LogP contribution >= 0.6 is 34.8 Å². The first-order chi connectivity index (χ1) is 7.39. The van der Waals surface area contributed by atoms with E-state index in [1.165, 1.54) is 0 Å². The summed E-state index contributed by atoms with van der Waals surface area (Å²) in [4.78, 5) is 11.2. The number of nitrogens with two attached hydrogens (primary N) is 1. The summed E-state index contributed by atoms with van der Waals surface area (Å²) in [6, 6.07) is 7.37. The second-order valence-electron chi connectivity index (χ2n) is 3.25. The maximum Gasteiger partial charge on any atom is 0.272 e. The summed E-state index contributed by atoms with van der Waals surface area (Å²) in [5.41, 5.74) is 7.30. The van der Waals surface area contributed by atoms with E-state index in [-0.39, 0.29) is 0 Å². The molecule has 0 atom stereocenters. The molecule has 0 saturated carbocycles. The van der Waals surface area contributed by atoms with Crippen molar-refractivity contribution in [3.8, 4) is 0 Å². The quantitative estimate of drug-likeness (QED) is 0.660. The van der Waals surface area contributed by atoms with Crippen LogP contribution in [0.2, 0.25) is 0 Å². The molecule has 0 aliphatic rings. The Kier molecular flexibility index (Phi) is 4.71. The van der Waals surface area contributed by atoms with Crippen LogP contribution in [0.25, 0.3) is 0 Å². The highest BCUT2D eigenvalue weighted by molar-refractivity contribution is 6.76. The molecule has 1 aromatic rings. The summed E-state index contributed by atoms with van der Waals surface area (Å²) in [6.45, 7) is 0.413. The Hall–Kier alpha value is -0.640. The molecule has 3 N–H and O–H groups in total. The Labute approximate surface area is 109 Å². The third-order valence-electron chi connectivity index (χ3n) is 1.94. The smallest absolute Gasteiger partial charge is 0.272 e. The van der Waals surface area contributed by atoms with Gasteiger partial charge < -0.3 is 11.1 Å². The second kappa shape index (κ2) is 5.62. The molecule has 0 aromatic heterocycles. The first kappa shape index (κ1) is 13.4. The molecule has 0 heterocycles. The van der Waals surface area contributed by atoms with Gasteiger partial charge in [0.15, 0.2) is 0 Å². The van der Waals surface area contributed by atoms with Crippen molar-refractivity contribution in [3.63, 3.8) is 0 Å². The molecule has 6 heteroatoms. The molecule has 0 aliphatic carbocycles. The van der Waals surface area contributed by atoms with E-state index in [1.807, 2.05) is 12.1 Å². The van der Waals surface area contributed by atoms with Crippen LogP contribution in [0.15, 0.2) is 24.3 Å². The van der Waals surface area contributed by atoms with Crippen LogP contribution in [0, 0.1) is 0 Å². The number of rotatable bonds is 3. The van der Waals surface area contributed by atoms with Crippen LogP contribution in [0.4, 0.5) is 5.69 Å². The molecule has 0 unspecified atom stereocenters. The average molecular weight is 282 g/mol. The van der Waals surface area contributed by atoms with Crippen LogP contribution in [-0.2, 0) is 11.2 Å². The van der Waals surface area contributed by atoms with Gasteiger partial charge in [0.2, 0.25) is 0 Å². The number of amides is 1. The van der Waals surface area contributed by atoms with E-state index in [1.54, 1.807) is 12.1 Å². The minimum Gasteiger partial charge on any atom is -0.399 e. The van der Waals surface area contributed by atoms with Gasteiger partial charge in [-0.25, -0.2) is 0 Å². The lowest BCUT2D eigenvalue weighted by Crippen LogP contribution is -2.35. The first-order valence-corrected chi connectivity index (χ1v) is 5.72. The van der Waals surface area contributed by atoms with E-state index >= 15 is 0 Å². The lowest BCUT2D eigenvalue weighted by atomic mass is 10.1. The Morgan fingerprint density at radius 3 is 2.31 bits per heavy atom. The zero-order valence-electron chi connectivity index (χ0n) is 8.34. The highest BCUT2D eigenvalue weighted by Crippen LogP contribution is 2.25. The number of nitrogen functional groups attached to an aromatic ring is 1. The fourth-order valence-electron chi connectivity index (χ4n) is 1.10. The normalized spacial score (nSPS) is 11.2. The lowest BCUT2D eigenvalue weighted by molar-refractivity contribution is -0.120. The van der Waals surface area contributed by atoms with Gasteiger partial charge in [-0.1, -0.05) is 46.9 Å². The SMILES string of the molecule is Nc1ccc(CCNC(=O)C(Cl)(Cl)Cl)cc1. The van der Waals surface area contributed by atoms with E-state index in [2.05, 4.69) is 5.32 Å². The van der Waals surface area contributed by atoms with Crippen molar-refractivity contribution in [2.45, 2.75) is 10.2 Å². The van der Waals surface area contributed by atoms with E-state index in [4.69, 9.17) is 40.5 Å². The van der Waals surface area contributed by atoms with Gasteiger partial charge in [0, 0.05) is 12.2 Å². The number of carbonyl (C=O) groups excluding carboxylic acids is 1. The fourth-order valence-corrected chi connectivity index (χ4v) is 1.31. The Morgan fingerprint density at radius 2 is 1.81 bits per heavy atom. The minimum absolute atomic E-state index is 0.413. The maximum atomic E-state index is 11.2. The van der Waals surface area contributed by atoms with E-state index in [9.17, 15) is 4.79 Å². The fraction of sp³-hybridized carbons (Fsp3) is 0.300. The summed E-state index contributed by atoms with van der Waals surface area (Å²) in [7, 11) is 0. The van der Waals surface area contributed by atoms with Crippen LogP contribution < -0.4 is 11.1 Å². The molecule has 0 radical (unpaired) electrons. The van der Waals surface area contributed by atoms with Gasteiger partial charge in [0.05, 0.1) is 0 Å². The predicted octanol–water partition coefficient (Wildman–Crippen LogP) is 2.30. The zero-order chi connectivity index (χ0) is 12.2. The molecule has 0 aliphatic heterocycles. The summed E-state index contributed by atoms with van der Waals surface area (Å²) >= 11 is 16.2. The van der Waals surface area contributed by atoms with E-state index in [0.717, 1.165) is 5.56 Å². The number of hydrogen-bond donors (Lipinski definition) is 2. The highest BCUT2D eigenvalue weighted by atomic mass is 35.6. The molecule has 1 aromatic carbocycles. The zero-order valence-corrected chi connectivity index (χ0v) is 10.6. The van der Waals surface area contributed by atoms with Crippen LogP contribution in [-0.4, -0.2) is 16.2 Å². The Balaban J connectivity index is 2.36. The predicted molar refractivity (Wildman–Crippen MR) is 67.9 cm³/mol. The van der Waals surface area contributed by atoms with E-state index in [0.29, 0.717) is 18.7 Å². The monoisotopic (exact) mass is 280 g/mol. The third kappa shape index (κ3) is 4.47. The molecular weight excluding hydrogens is 270 g/mol. The van der Waals surface area contributed by atoms with Crippen molar-refractivity contribution < 1.29 is 4.79 Å². The van der Waals surface area contributed by atoms with Gasteiger partial charge in [0.1, 0.15) is 0 Å². The molecule has 0 saturated heterocycles. The van der Waals surface area contributed by atoms with Crippen molar-refractivity contribution in [1.29, 1.82) is 0 Å². The maximum absolute atomic E-state index is 11.2. The second-order valence-corrected chi connectivity index (χ2v) is 5.53. The number of anilines is 1. The van der Waals surface area contributed by atoms with Gasteiger partial charge in [0.25, 0.3) is 9.70 Å².